The summed E-state index contributed by atoms with van der Waals surface area (Å²) < 4.78 is 26.8. The van der Waals surface area contributed by atoms with Crippen LogP contribution in [0.15, 0.2) is 78.5 Å². The molecule has 3 aromatic carbocycles. The van der Waals surface area contributed by atoms with E-state index in [0.717, 1.165) is 10.6 Å². The molecule has 4 rings (SSSR count). The lowest BCUT2D eigenvalue weighted by molar-refractivity contribution is -0.120. The third kappa shape index (κ3) is 3.90. The van der Waals surface area contributed by atoms with Crippen LogP contribution in [0.2, 0.25) is 0 Å². The van der Waals surface area contributed by atoms with E-state index in [9.17, 15) is 18.4 Å². The van der Waals surface area contributed by atoms with Gasteiger partial charge in [-0.15, -0.1) is 0 Å². The lowest BCUT2D eigenvalue weighted by Crippen LogP contribution is -2.32. The minimum absolute atomic E-state index is 0.0681. The molecular weight excluding hydrogens is 400 g/mol. The fourth-order valence-corrected chi connectivity index (χ4v) is 3.34. The van der Waals surface area contributed by atoms with Crippen LogP contribution in [0, 0.1) is 11.6 Å². The molecule has 156 valence electrons. The van der Waals surface area contributed by atoms with Crippen LogP contribution in [0.5, 0.6) is 0 Å². The Morgan fingerprint density at radius 1 is 0.742 bits per heavy atom. The van der Waals surface area contributed by atoms with Crippen molar-refractivity contribution < 1.29 is 18.4 Å². The fourth-order valence-electron chi connectivity index (χ4n) is 3.34. The summed E-state index contributed by atoms with van der Waals surface area (Å²) in [6.45, 7) is 0. The average Bonchev–Trinajstić information content (AvgIpc) is 2.99. The Morgan fingerprint density at radius 2 is 1.29 bits per heavy atom. The lowest BCUT2D eigenvalue weighted by atomic mass is 10.0. The van der Waals surface area contributed by atoms with Crippen molar-refractivity contribution in [1.29, 1.82) is 0 Å². The van der Waals surface area contributed by atoms with Gasteiger partial charge in [-0.2, -0.15) is 0 Å². The molecule has 1 heterocycles. The van der Waals surface area contributed by atoms with Gasteiger partial charge in [0.25, 0.3) is 11.8 Å². The number of hydrogen-bond donors (Lipinski definition) is 1. The first kappa shape index (κ1) is 20.3. The Bertz CT molecular complexity index is 1170. The van der Waals surface area contributed by atoms with Gasteiger partial charge in [0.1, 0.15) is 17.3 Å². The lowest BCUT2D eigenvalue weighted by Gasteiger charge is -2.16. The van der Waals surface area contributed by atoms with Crippen LogP contribution >= 0.6 is 0 Å². The number of imide groups is 1. The predicted molar refractivity (Wildman–Crippen MR) is 117 cm³/mol. The normalized spacial score (nSPS) is 13.7. The van der Waals surface area contributed by atoms with Crippen molar-refractivity contribution in [3.05, 3.63) is 95.7 Å². The van der Waals surface area contributed by atoms with Crippen LogP contribution in [-0.2, 0) is 9.59 Å². The van der Waals surface area contributed by atoms with Gasteiger partial charge in [0.2, 0.25) is 0 Å². The molecule has 0 radical (unpaired) electrons. The predicted octanol–water partition coefficient (Wildman–Crippen LogP) is 4.43. The molecule has 3 aromatic rings. The summed E-state index contributed by atoms with van der Waals surface area (Å²) in [5.74, 6) is -2.08. The minimum Gasteiger partial charge on any atom is -0.378 e. The molecule has 2 amide bonds. The Hall–Kier alpha value is -4.00. The molecule has 1 N–H and O–H groups in total. The standard InChI is InChI=1S/C24H19F2N3O2/c1-28(2)19-13-9-18(10-14-19)27-22-21(15-3-5-16(25)6-4-15)23(30)29(24(22)31)20-11-7-17(26)8-12-20/h3-14,27H,1-2H3. The van der Waals surface area contributed by atoms with Crippen molar-refractivity contribution in [2.24, 2.45) is 0 Å². The smallest absolute Gasteiger partial charge is 0.282 e. The third-order valence-electron chi connectivity index (χ3n) is 4.95. The quantitative estimate of drug-likeness (QED) is 0.622. The second-order valence-corrected chi connectivity index (χ2v) is 7.25. The van der Waals surface area contributed by atoms with Gasteiger partial charge < -0.3 is 10.2 Å². The Kier molecular flexibility index (Phi) is 5.25. The zero-order valence-corrected chi connectivity index (χ0v) is 16.9. The van der Waals surface area contributed by atoms with E-state index < -0.39 is 23.4 Å². The van der Waals surface area contributed by atoms with Gasteiger partial charge in [0.15, 0.2) is 0 Å². The van der Waals surface area contributed by atoms with Crippen LogP contribution in [-0.4, -0.2) is 25.9 Å². The molecule has 0 aliphatic carbocycles. The highest BCUT2D eigenvalue weighted by Gasteiger charge is 2.40. The van der Waals surface area contributed by atoms with Gasteiger partial charge in [-0.1, -0.05) is 12.1 Å². The van der Waals surface area contributed by atoms with Crippen molar-refractivity contribution in [2.75, 3.05) is 29.2 Å². The van der Waals surface area contributed by atoms with Gasteiger partial charge in [-0.3, -0.25) is 9.59 Å². The van der Waals surface area contributed by atoms with Crippen LogP contribution in [0.25, 0.3) is 5.57 Å². The highest BCUT2D eigenvalue weighted by Crippen LogP contribution is 2.34. The van der Waals surface area contributed by atoms with Gasteiger partial charge in [0.05, 0.1) is 11.3 Å². The fraction of sp³-hybridized carbons (Fsp3) is 0.0833. The molecule has 0 fully saturated rings. The highest BCUT2D eigenvalue weighted by molar-refractivity contribution is 6.46. The number of anilines is 3. The molecule has 0 atom stereocenters. The summed E-state index contributed by atoms with van der Waals surface area (Å²) in [7, 11) is 3.83. The van der Waals surface area contributed by atoms with E-state index in [0.29, 0.717) is 11.3 Å². The maximum atomic E-state index is 13.4. The third-order valence-corrected chi connectivity index (χ3v) is 4.95. The molecule has 7 heteroatoms. The number of nitrogens with zero attached hydrogens (tertiary/aromatic N) is 2. The Morgan fingerprint density at radius 3 is 1.84 bits per heavy atom. The van der Waals surface area contributed by atoms with Crippen LogP contribution < -0.4 is 15.1 Å². The number of amides is 2. The number of rotatable bonds is 5. The number of carbonyl (C=O) groups is 2. The van der Waals surface area contributed by atoms with Gasteiger partial charge in [-0.25, -0.2) is 13.7 Å². The molecular formula is C24H19F2N3O2. The number of hydrogen-bond acceptors (Lipinski definition) is 4. The maximum Gasteiger partial charge on any atom is 0.282 e. The van der Waals surface area contributed by atoms with Crippen LogP contribution in [0.3, 0.4) is 0 Å². The van der Waals surface area contributed by atoms with Gasteiger partial charge in [-0.05, 0) is 66.2 Å². The van der Waals surface area contributed by atoms with E-state index >= 15 is 0 Å². The average molecular weight is 419 g/mol. The maximum absolute atomic E-state index is 13.4. The Labute approximate surface area is 178 Å². The van der Waals surface area contributed by atoms with Crippen molar-refractivity contribution >= 4 is 34.4 Å². The highest BCUT2D eigenvalue weighted by atomic mass is 19.1. The van der Waals surface area contributed by atoms with E-state index in [1.54, 1.807) is 12.1 Å². The number of carbonyl (C=O) groups excluding carboxylic acids is 2. The number of halogens is 2. The molecule has 0 saturated carbocycles. The summed E-state index contributed by atoms with van der Waals surface area (Å²) in [5.41, 5.74) is 2.42. The molecule has 0 saturated heterocycles. The first-order chi connectivity index (χ1) is 14.8. The largest absolute Gasteiger partial charge is 0.378 e. The van der Waals surface area contributed by atoms with Gasteiger partial charge in [0, 0.05) is 25.5 Å². The molecule has 1 aliphatic rings. The summed E-state index contributed by atoms with van der Waals surface area (Å²) in [4.78, 5) is 29.4. The second-order valence-electron chi connectivity index (χ2n) is 7.25. The molecule has 0 unspecified atom stereocenters. The van der Waals surface area contributed by atoms with Crippen molar-refractivity contribution in [3.63, 3.8) is 0 Å². The molecule has 31 heavy (non-hydrogen) atoms. The minimum atomic E-state index is -0.576. The monoisotopic (exact) mass is 419 g/mol. The van der Waals surface area contributed by atoms with E-state index in [4.69, 9.17) is 0 Å². The van der Waals surface area contributed by atoms with E-state index in [-0.39, 0.29) is 17.0 Å². The molecule has 0 spiro atoms. The summed E-state index contributed by atoms with van der Waals surface area (Å²) in [5, 5.41) is 3.04. The van der Waals surface area contributed by atoms with E-state index in [1.165, 1.54) is 48.5 Å². The SMILES string of the molecule is CN(C)c1ccc(NC2=C(c3ccc(F)cc3)C(=O)N(c3ccc(F)cc3)C2=O)cc1. The summed E-state index contributed by atoms with van der Waals surface area (Å²) in [6.07, 6.45) is 0. The van der Waals surface area contributed by atoms with Crippen molar-refractivity contribution in [2.45, 2.75) is 0 Å². The molecule has 5 nitrogen and oxygen atoms in total. The number of benzene rings is 3. The molecule has 1 aliphatic heterocycles. The number of nitrogens with one attached hydrogen (secondary N) is 1. The van der Waals surface area contributed by atoms with Crippen LogP contribution in [0.4, 0.5) is 25.8 Å². The molecule has 0 aromatic heterocycles. The van der Waals surface area contributed by atoms with Crippen LogP contribution in [0.1, 0.15) is 5.56 Å². The zero-order valence-electron chi connectivity index (χ0n) is 16.9. The van der Waals surface area contributed by atoms with Crippen molar-refractivity contribution in [1.82, 2.24) is 0 Å². The summed E-state index contributed by atoms with van der Waals surface area (Å²) in [6, 6.07) is 17.8. The van der Waals surface area contributed by atoms with E-state index in [1.807, 2.05) is 31.1 Å². The topological polar surface area (TPSA) is 52.7 Å². The second kappa shape index (κ2) is 8.02. The van der Waals surface area contributed by atoms with E-state index in [2.05, 4.69) is 5.32 Å². The Balaban J connectivity index is 1.77. The first-order valence-electron chi connectivity index (χ1n) is 9.54. The first-order valence-corrected chi connectivity index (χ1v) is 9.54. The van der Waals surface area contributed by atoms with Gasteiger partial charge >= 0.3 is 0 Å². The zero-order chi connectivity index (χ0) is 22.1. The molecule has 0 bridgehead atoms. The summed E-state index contributed by atoms with van der Waals surface area (Å²) >= 11 is 0. The van der Waals surface area contributed by atoms with Crippen molar-refractivity contribution in [3.8, 4) is 0 Å².